The zero-order valence-corrected chi connectivity index (χ0v) is 9.74. The lowest BCUT2D eigenvalue weighted by Crippen LogP contribution is -2.38. The quantitative estimate of drug-likeness (QED) is 0.839. The molecule has 1 aromatic rings. The lowest BCUT2D eigenvalue weighted by atomic mass is 10.1. The average molecular weight is 258 g/mol. The van der Waals surface area contributed by atoms with Crippen LogP contribution in [0.15, 0.2) is 24.3 Å². The SMILES string of the molecule is CC1C(N)CC(=O)N1c1cccc(C(F)(F)F)c1. The third-order valence-corrected chi connectivity index (χ3v) is 3.16. The maximum Gasteiger partial charge on any atom is 0.416 e. The summed E-state index contributed by atoms with van der Waals surface area (Å²) < 4.78 is 37.8. The first-order valence-electron chi connectivity index (χ1n) is 5.55. The summed E-state index contributed by atoms with van der Waals surface area (Å²) >= 11 is 0. The molecule has 2 atom stereocenters. The van der Waals surface area contributed by atoms with Crippen LogP contribution in [0.4, 0.5) is 18.9 Å². The Balaban J connectivity index is 2.37. The first-order chi connectivity index (χ1) is 8.30. The third kappa shape index (κ3) is 2.20. The minimum atomic E-state index is -4.41. The van der Waals surface area contributed by atoms with E-state index in [0.717, 1.165) is 12.1 Å². The van der Waals surface area contributed by atoms with Crippen LogP contribution in [-0.4, -0.2) is 18.0 Å². The summed E-state index contributed by atoms with van der Waals surface area (Å²) in [4.78, 5) is 13.1. The first-order valence-corrected chi connectivity index (χ1v) is 5.55. The van der Waals surface area contributed by atoms with Crippen LogP contribution in [0.1, 0.15) is 18.9 Å². The molecule has 1 aliphatic heterocycles. The van der Waals surface area contributed by atoms with Gasteiger partial charge in [0.2, 0.25) is 5.91 Å². The highest BCUT2D eigenvalue weighted by atomic mass is 19.4. The number of hydrogen-bond acceptors (Lipinski definition) is 2. The topological polar surface area (TPSA) is 46.3 Å². The van der Waals surface area contributed by atoms with Gasteiger partial charge in [0, 0.05) is 24.2 Å². The summed E-state index contributed by atoms with van der Waals surface area (Å²) in [5.41, 5.74) is 5.22. The molecule has 1 aromatic carbocycles. The van der Waals surface area contributed by atoms with Crippen molar-refractivity contribution >= 4 is 11.6 Å². The number of nitrogens with zero attached hydrogens (tertiary/aromatic N) is 1. The number of benzene rings is 1. The standard InChI is InChI=1S/C12H13F3N2O/c1-7-10(16)6-11(18)17(7)9-4-2-3-8(5-9)12(13,14)15/h2-5,7,10H,6,16H2,1H3. The lowest BCUT2D eigenvalue weighted by molar-refractivity contribution is -0.137. The van der Waals surface area contributed by atoms with E-state index in [0.29, 0.717) is 0 Å². The second kappa shape index (κ2) is 4.28. The van der Waals surface area contributed by atoms with Gasteiger partial charge in [-0.15, -0.1) is 0 Å². The second-order valence-corrected chi connectivity index (χ2v) is 4.42. The highest BCUT2D eigenvalue weighted by Gasteiger charge is 2.37. The molecular weight excluding hydrogens is 245 g/mol. The van der Waals surface area contributed by atoms with Gasteiger partial charge < -0.3 is 10.6 Å². The molecule has 18 heavy (non-hydrogen) atoms. The van der Waals surface area contributed by atoms with Crippen LogP contribution in [0.25, 0.3) is 0 Å². The predicted molar refractivity (Wildman–Crippen MR) is 61.0 cm³/mol. The molecule has 0 saturated carbocycles. The van der Waals surface area contributed by atoms with Gasteiger partial charge in [-0.3, -0.25) is 4.79 Å². The number of anilines is 1. The molecule has 0 aromatic heterocycles. The van der Waals surface area contributed by atoms with E-state index in [1.165, 1.54) is 17.0 Å². The van der Waals surface area contributed by atoms with E-state index in [-0.39, 0.29) is 30.1 Å². The smallest absolute Gasteiger partial charge is 0.325 e. The normalized spacial score (nSPS) is 24.7. The third-order valence-electron chi connectivity index (χ3n) is 3.16. The summed E-state index contributed by atoms with van der Waals surface area (Å²) in [5.74, 6) is -0.241. The van der Waals surface area contributed by atoms with E-state index in [1.807, 2.05) is 0 Å². The van der Waals surface area contributed by atoms with Crippen LogP contribution in [-0.2, 0) is 11.0 Å². The molecule has 2 unspecified atom stereocenters. The van der Waals surface area contributed by atoms with Gasteiger partial charge in [0.25, 0.3) is 0 Å². The molecule has 0 aliphatic carbocycles. The average Bonchev–Trinajstić information content (AvgIpc) is 2.52. The molecule has 0 radical (unpaired) electrons. The maximum atomic E-state index is 12.6. The van der Waals surface area contributed by atoms with E-state index < -0.39 is 11.7 Å². The van der Waals surface area contributed by atoms with Crippen LogP contribution in [0, 0.1) is 0 Å². The molecular formula is C12H13F3N2O. The van der Waals surface area contributed by atoms with E-state index in [9.17, 15) is 18.0 Å². The zero-order valence-electron chi connectivity index (χ0n) is 9.74. The fourth-order valence-electron chi connectivity index (χ4n) is 2.10. The highest BCUT2D eigenvalue weighted by molar-refractivity contribution is 5.97. The monoisotopic (exact) mass is 258 g/mol. The Morgan fingerprint density at radius 2 is 2.06 bits per heavy atom. The van der Waals surface area contributed by atoms with Crippen molar-refractivity contribution in [3.05, 3.63) is 29.8 Å². The van der Waals surface area contributed by atoms with Crippen LogP contribution in [0.2, 0.25) is 0 Å². The van der Waals surface area contributed by atoms with Gasteiger partial charge in [-0.25, -0.2) is 0 Å². The van der Waals surface area contributed by atoms with Gasteiger partial charge in [-0.2, -0.15) is 13.2 Å². The van der Waals surface area contributed by atoms with Crippen LogP contribution >= 0.6 is 0 Å². The number of carbonyl (C=O) groups is 1. The van der Waals surface area contributed by atoms with Crippen molar-refractivity contribution < 1.29 is 18.0 Å². The van der Waals surface area contributed by atoms with E-state index in [2.05, 4.69) is 0 Å². The Bertz CT molecular complexity index is 473. The first kappa shape index (κ1) is 12.9. The Labute approximate surface area is 102 Å². The van der Waals surface area contributed by atoms with Gasteiger partial charge >= 0.3 is 6.18 Å². The van der Waals surface area contributed by atoms with E-state index >= 15 is 0 Å². The minimum absolute atomic E-state index is 0.164. The zero-order chi connectivity index (χ0) is 13.5. The molecule has 3 nitrogen and oxygen atoms in total. The summed E-state index contributed by atoms with van der Waals surface area (Å²) in [6, 6.07) is 4.11. The maximum absolute atomic E-state index is 12.6. The largest absolute Gasteiger partial charge is 0.416 e. The van der Waals surface area contributed by atoms with Crippen LogP contribution < -0.4 is 10.6 Å². The number of nitrogens with two attached hydrogens (primary N) is 1. The second-order valence-electron chi connectivity index (χ2n) is 4.42. The molecule has 1 saturated heterocycles. The number of carbonyl (C=O) groups excluding carboxylic acids is 1. The summed E-state index contributed by atoms with van der Waals surface area (Å²) in [6.07, 6.45) is -4.25. The Hall–Kier alpha value is -1.56. The van der Waals surface area contributed by atoms with Gasteiger partial charge in [-0.05, 0) is 25.1 Å². The van der Waals surface area contributed by atoms with Crippen LogP contribution in [0.3, 0.4) is 0 Å². The molecule has 1 fully saturated rings. The van der Waals surface area contributed by atoms with Crippen molar-refractivity contribution in [3.63, 3.8) is 0 Å². The molecule has 2 rings (SSSR count). The lowest BCUT2D eigenvalue weighted by Gasteiger charge is -2.24. The Morgan fingerprint density at radius 3 is 2.56 bits per heavy atom. The van der Waals surface area contributed by atoms with Crippen molar-refractivity contribution in [1.82, 2.24) is 0 Å². The predicted octanol–water partition coefficient (Wildman–Crippen LogP) is 2.16. The van der Waals surface area contributed by atoms with Crippen molar-refractivity contribution in [2.45, 2.75) is 31.6 Å². The van der Waals surface area contributed by atoms with Crippen molar-refractivity contribution in [3.8, 4) is 0 Å². The molecule has 0 spiro atoms. The molecule has 1 heterocycles. The van der Waals surface area contributed by atoms with Gasteiger partial charge in [-0.1, -0.05) is 6.07 Å². The number of hydrogen-bond donors (Lipinski definition) is 1. The van der Waals surface area contributed by atoms with Crippen molar-refractivity contribution in [1.29, 1.82) is 0 Å². The fraction of sp³-hybridized carbons (Fsp3) is 0.417. The molecule has 0 bridgehead atoms. The fourth-order valence-corrected chi connectivity index (χ4v) is 2.10. The van der Waals surface area contributed by atoms with E-state index in [1.54, 1.807) is 6.92 Å². The van der Waals surface area contributed by atoms with E-state index in [4.69, 9.17) is 5.73 Å². The van der Waals surface area contributed by atoms with Crippen molar-refractivity contribution in [2.75, 3.05) is 4.90 Å². The van der Waals surface area contributed by atoms with Crippen molar-refractivity contribution in [2.24, 2.45) is 5.73 Å². The summed E-state index contributed by atoms with van der Waals surface area (Å²) in [6.45, 7) is 1.73. The highest BCUT2D eigenvalue weighted by Crippen LogP contribution is 2.33. The number of halogens is 3. The molecule has 1 aliphatic rings. The summed E-state index contributed by atoms with van der Waals surface area (Å²) in [7, 11) is 0. The van der Waals surface area contributed by atoms with Gasteiger partial charge in [0.1, 0.15) is 0 Å². The van der Waals surface area contributed by atoms with Gasteiger partial charge in [0.05, 0.1) is 5.56 Å². The Morgan fingerprint density at radius 1 is 1.39 bits per heavy atom. The van der Waals surface area contributed by atoms with Gasteiger partial charge in [0.15, 0.2) is 0 Å². The number of rotatable bonds is 1. The van der Waals surface area contributed by atoms with Crippen LogP contribution in [0.5, 0.6) is 0 Å². The number of amides is 1. The summed E-state index contributed by atoms with van der Waals surface area (Å²) in [5, 5.41) is 0. The number of alkyl halides is 3. The molecule has 1 amide bonds. The molecule has 6 heteroatoms. The molecule has 98 valence electrons. The minimum Gasteiger partial charge on any atom is -0.325 e. The Kier molecular flexibility index (Phi) is 3.06. The molecule has 2 N–H and O–H groups in total.